The Labute approximate surface area is 159 Å². The number of nitrogens with zero attached hydrogens (tertiary/aromatic N) is 5. The molecule has 0 saturated carbocycles. The standard InChI is InChI=1S/C19H19N5O2S/c1-3-26-14-6-4-13(5-7-14)15-10-27-18-17(15)19(25)24(12-21-18)9-8-16-20-11-22-23(16)2/h4-7,10-12H,3,8-9H2,1-2H3. The summed E-state index contributed by atoms with van der Waals surface area (Å²) in [5, 5.41) is 6.71. The number of hydrogen-bond acceptors (Lipinski definition) is 6. The van der Waals surface area contributed by atoms with E-state index in [1.54, 1.807) is 15.6 Å². The molecule has 0 saturated heterocycles. The van der Waals surface area contributed by atoms with E-state index < -0.39 is 0 Å². The molecule has 0 unspecified atom stereocenters. The zero-order valence-electron chi connectivity index (χ0n) is 15.1. The number of rotatable bonds is 6. The molecule has 0 atom stereocenters. The SMILES string of the molecule is CCOc1ccc(-c2csc3ncn(CCc4ncnn4C)c(=O)c23)cc1. The lowest BCUT2D eigenvalue weighted by atomic mass is 10.1. The maximum absolute atomic E-state index is 13.1. The molecule has 27 heavy (non-hydrogen) atoms. The summed E-state index contributed by atoms with van der Waals surface area (Å²) in [5.74, 6) is 1.65. The van der Waals surface area contributed by atoms with Crippen LogP contribution in [0.3, 0.4) is 0 Å². The van der Waals surface area contributed by atoms with Crippen LogP contribution in [0.4, 0.5) is 0 Å². The minimum Gasteiger partial charge on any atom is -0.494 e. The van der Waals surface area contributed by atoms with Gasteiger partial charge in [-0.1, -0.05) is 12.1 Å². The Morgan fingerprint density at radius 3 is 2.70 bits per heavy atom. The molecule has 0 aliphatic carbocycles. The second kappa shape index (κ2) is 7.32. The minimum atomic E-state index is -0.0349. The van der Waals surface area contributed by atoms with Crippen molar-refractivity contribution < 1.29 is 4.74 Å². The van der Waals surface area contributed by atoms with Crippen molar-refractivity contribution in [2.75, 3.05) is 6.61 Å². The van der Waals surface area contributed by atoms with E-state index in [0.717, 1.165) is 27.5 Å². The van der Waals surface area contributed by atoms with Crippen LogP contribution in [0.25, 0.3) is 21.3 Å². The third-order valence-electron chi connectivity index (χ3n) is 4.42. The maximum atomic E-state index is 13.1. The van der Waals surface area contributed by atoms with Gasteiger partial charge in [-0.2, -0.15) is 5.10 Å². The van der Waals surface area contributed by atoms with Gasteiger partial charge >= 0.3 is 0 Å². The van der Waals surface area contributed by atoms with Crippen molar-refractivity contribution in [3.05, 3.63) is 58.5 Å². The lowest BCUT2D eigenvalue weighted by molar-refractivity contribution is 0.340. The predicted octanol–water partition coefficient (Wildman–Crippen LogP) is 2.89. The van der Waals surface area contributed by atoms with E-state index in [4.69, 9.17) is 4.74 Å². The fraction of sp³-hybridized carbons (Fsp3) is 0.263. The van der Waals surface area contributed by atoms with Gasteiger partial charge in [0.15, 0.2) is 0 Å². The number of aryl methyl sites for hydroxylation is 3. The summed E-state index contributed by atoms with van der Waals surface area (Å²) in [6.45, 7) is 3.09. The van der Waals surface area contributed by atoms with Crippen LogP contribution in [0.5, 0.6) is 5.75 Å². The summed E-state index contributed by atoms with van der Waals surface area (Å²) >= 11 is 1.48. The first-order valence-electron chi connectivity index (χ1n) is 8.70. The molecule has 0 radical (unpaired) electrons. The van der Waals surface area contributed by atoms with Crippen molar-refractivity contribution in [3.8, 4) is 16.9 Å². The molecule has 0 aliphatic heterocycles. The Hall–Kier alpha value is -3.00. The molecule has 0 bridgehead atoms. The van der Waals surface area contributed by atoms with Crippen LogP contribution in [0.15, 0.2) is 47.1 Å². The summed E-state index contributed by atoms with van der Waals surface area (Å²) in [6, 6.07) is 7.79. The fourth-order valence-electron chi connectivity index (χ4n) is 3.00. The monoisotopic (exact) mass is 381 g/mol. The second-order valence-electron chi connectivity index (χ2n) is 6.08. The topological polar surface area (TPSA) is 74.8 Å². The normalized spacial score (nSPS) is 11.2. The molecular weight excluding hydrogens is 362 g/mol. The Kier molecular flexibility index (Phi) is 4.72. The van der Waals surface area contributed by atoms with Crippen molar-refractivity contribution in [1.29, 1.82) is 0 Å². The Morgan fingerprint density at radius 2 is 2.00 bits per heavy atom. The maximum Gasteiger partial charge on any atom is 0.262 e. The van der Waals surface area contributed by atoms with Gasteiger partial charge in [0.25, 0.3) is 5.56 Å². The van der Waals surface area contributed by atoms with Crippen LogP contribution in [0.1, 0.15) is 12.7 Å². The lowest BCUT2D eigenvalue weighted by Crippen LogP contribution is -2.22. The molecule has 0 amide bonds. The first-order chi connectivity index (χ1) is 13.2. The number of hydrogen-bond donors (Lipinski definition) is 0. The number of benzene rings is 1. The molecular formula is C19H19N5O2S. The highest BCUT2D eigenvalue weighted by molar-refractivity contribution is 7.17. The first-order valence-corrected chi connectivity index (χ1v) is 9.58. The van der Waals surface area contributed by atoms with E-state index in [1.165, 1.54) is 17.7 Å². The van der Waals surface area contributed by atoms with E-state index >= 15 is 0 Å². The van der Waals surface area contributed by atoms with E-state index in [9.17, 15) is 4.79 Å². The van der Waals surface area contributed by atoms with E-state index in [-0.39, 0.29) is 5.56 Å². The van der Waals surface area contributed by atoms with Gasteiger partial charge in [-0.3, -0.25) is 14.0 Å². The Bertz CT molecular complexity index is 1130. The predicted molar refractivity (Wildman–Crippen MR) is 105 cm³/mol. The van der Waals surface area contributed by atoms with Crippen LogP contribution in [-0.2, 0) is 20.0 Å². The molecule has 7 nitrogen and oxygen atoms in total. The van der Waals surface area contributed by atoms with Gasteiger partial charge < -0.3 is 4.74 Å². The van der Waals surface area contributed by atoms with Gasteiger partial charge in [0.2, 0.25) is 0 Å². The van der Waals surface area contributed by atoms with E-state index in [0.29, 0.717) is 25.0 Å². The van der Waals surface area contributed by atoms with Gasteiger partial charge in [0.05, 0.1) is 18.3 Å². The molecule has 0 spiro atoms. The molecule has 1 aromatic carbocycles. The summed E-state index contributed by atoms with van der Waals surface area (Å²) in [6.07, 6.45) is 3.74. The van der Waals surface area contributed by atoms with Crippen LogP contribution in [0.2, 0.25) is 0 Å². The van der Waals surface area contributed by atoms with Gasteiger partial charge in [-0.05, 0) is 24.6 Å². The average molecular weight is 381 g/mol. The Morgan fingerprint density at radius 1 is 1.19 bits per heavy atom. The van der Waals surface area contributed by atoms with Crippen molar-refractivity contribution in [1.82, 2.24) is 24.3 Å². The molecule has 3 heterocycles. The van der Waals surface area contributed by atoms with Gasteiger partial charge in [0.1, 0.15) is 22.7 Å². The summed E-state index contributed by atoms with van der Waals surface area (Å²) < 4.78 is 8.85. The molecule has 138 valence electrons. The summed E-state index contributed by atoms with van der Waals surface area (Å²) in [5.41, 5.74) is 1.85. The highest BCUT2D eigenvalue weighted by Crippen LogP contribution is 2.31. The van der Waals surface area contributed by atoms with Crippen molar-refractivity contribution in [2.45, 2.75) is 19.9 Å². The zero-order chi connectivity index (χ0) is 18.8. The molecule has 0 fully saturated rings. The molecule has 0 N–H and O–H groups in total. The summed E-state index contributed by atoms with van der Waals surface area (Å²) in [4.78, 5) is 22.5. The number of aromatic nitrogens is 5. The minimum absolute atomic E-state index is 0.0349. The molecule has 3 aromatic heterocycles. The Balaban J connectivity index is 1.68. The van der Waals surface area contributed by atoms with Crippen molar-refractivity contribution in [3.63, 3.8) is 0 Å². The molecule has 8 heteroatoms. The molecule has 4 rings (SSSR count). The highest BCUT2D eigenvalue weighted by Gasteiger charge is 2.14. The first kappa shape index (κ1) is 17.4. The van der Waals surface area contributed by atoms with E-state index in [2.05, 4.69) is 15.1 Å². The average Bonchev–Trinajstić information content (AvgIpc) is 3.29. The zero-order valence-corrected chi connectivity index (χ0v) is 15.9. The highest BCUT2D eigenvalue weighted by atomic mass is 32.1. The van der Waals surface area contributed by atoms with Gasteiger partial charge in [-0.15, -0.1) is 11.3 Å². The third kappa shape index (κ3) is 3.35. The fourth-order valence-corrected chi connectivity index (χ4v) is 3.91. The molecule has 4 aromatic rings. The summed E-state index contributed by atoms with van der Waals surface area (Å²) in [7, 11) is 1.84. The van der Waals surface area contributed by atoms with E-state index in [1.807, 2.05) is 43.6 Å². The van der Waals surface area contributed by atoms with Crippen LogP contribution in [0, 0.1) is 0 Å². The van der Waals surface area contributed by atoms with Gasteiger partial charge in [0, 0.05) is 31.0 Å². The van der Waals surface area contributed by atoms with Crippen LogP contribution < -0.4 is 10.3 Å². The smallest absolute Gasteiger partial charge is 0.262 e. The van der Waals surface area contributed by atoms with Gasteiger partial charge in [-0.25, -0.2) is 9.97 Å². The molecule has 0 aliphatic rings. The third-order valence-corrected chi connectivity index (χ3v) is 5.30. The number of thiophene rings is 1. The van der Waals surface area contributed by atoms with Crippen LogP contribution >= 0.6 is 11.3 Å². The number of fused-ring (bicyclic) bond motifs is 1. The van der Waals surface area contributed by atoms with Crippen LogP contribution in [-0.4, -0.2) is 30.9 Å². The number of ether oxygens (including phenoxy) is 1. The second-order valence-corrected chi connectivity index (χ2v) is 6.94. The lowest BCUT2D eigenvalue weighted by Gasteiger charge is -2.07. The van der Waals surface area contributed by atoms with Crippen molar-refractivity contribution >= 4 is 21.6 Å². The quantitative estimate of drug-likeness (QED) is 0.513. The largest absolute Gasteiger partial charge is 0.494 e. The van der Waals surface area contributed by atoms with Crippen molar-refractivity contribution in [2.24, 2.45) is 7.05 Å².